The quantitative estimate of drug-likeness (QED) is 0.770. The van der Waals surface area contributed by atoms with Gasteiger partial charge < -0.3 is 9.97 Å². The highest BCUT2D eigenvalue weighted by Crippen LogP contribution is 2.24. The van der Waals surface area contributed by atoms with Crippen molar-refractivity contribution in [2.24, 2.45) is 5.92 Å². The third kappa shape index (κ3) is 3.55. The largest absolute Gasteiger partial charge is 0.355 e. The van der Waals surface area contributed by atoms with Crippen molar-refractivity contribution < 1.29 is 0 Å². The Hall–Kier alpha value is -1.27. The van der Waals surface area contributed by atoms with Crippen LogP contribution in [0, 0.1) is 5.92 Å². The fraction of sp³-hybridized carbons (Fsp3) is 0.625. The van der Waals surface area contributed by atoms with Gasteiger partial charge >= 0.3 is 0 Å². The van der Waals surface area contributed by atoms with E-state index in [2.05, 4.69) is 38.5 Å². The number of aromatic amines is 2. The molecule has 0 bridgehead atoms. The molecule has 1 atom stereocenters. The molecule has 0 amide bonds. The molecule has 1 aliphatic rings. The first-order valence-corrected chi connectivity index (χ1v) is 9.27. The van der Waals surface area contributed by atoms with Gasteiger partial charge in [0.25, 0.3) is 5.56 Å². The second kappa shape index (κ2) is 7.33. The Morgan fingerprint density at radius 1 is 1.45 bits per heavy atom. The van der Waals surface area contributed by atoms with Gasteiger partial charge in [0.05, 0.1) is 11.8 Å². The van der Waals surface area contributed by atoms with Gasteiger partial charge in [-0.2, -0.15) is 11.8 Å². The lowest BCUT2D eigenvalue weighted by molar-refractivity contribution is 0.322. The molecule has 0 spiro atoms. The summed E-state index contributed by atoms with van der Waals surface area (Å²) < 4.78 is 0. The molecular formula is C16H24N4OS. The van der Waals surface area contributed by atoms with E-state index in [1.807, 2.05) is 6.20 Å². The fourth-order valence-corrected chi connectivity index (χ4v) is 4.32. The minimum atomic E-state index is -0.0946. The van der Waals surface area contributed by atoms with E-state index in [0.717, 1.165) is 36.6 Å². The van der Waals surface area contributed by atoms with Gasteiger partial charge in [-0.1, -0.05) is 13.3 Å². The van der Waals surface area contributed by atoms with E-state index < -0.39 is 0 Å². The van der Waals surface area contributed by atoms with Gasteiger partial charge in [-0.25, -0.2) is 4.98 Å². The first-order chi connectivity index (χ1) is 10.8. The Balaban J connectivity index is 1.55. The Bertz CT molecular complexity index is 665. The smallest absolute Gasteiger partial charge is 0.275 e. The van der Waals surface area contributed by atoms with Crippen molar-refractivity contribution in [1.82, 2.24) is 19.9 Å². The van der Waals surface area contributed by atoms with E-state index in [9.17, 15) is 4.79 Å². The highest BCUT2D eigenvalue weighted by atomic mass is 32.2. The number of fused-ring (bicyclic) bond motifs is 1. The van der Waals surface area contributed by atoms with Gasteiger partial charge in [-0.15, -0.1) is 0 Å². The van der Waals surface area contributed by atoms with Gasteiger partial charge in [0.15, 0.2) is 0 Å². The SMILES string of the molecule is CCCCSC[C@@H]1CCN(Cc2c[nH]c3c(=O)[nH]cnc23)C1. The van der Waals surface area contributed by atoms with E-state index >= 15 is 0 Å². The van der Waals surface area contributed by atoms with Gasteiger partial charge in [0.2, 0.25) is 0 Å². The number of hydrogen-bond donors (Lipinski definition) is 2. The lowest BCUT2D eigenvalue weighted by Gasteiger charge is -2.15. The predicted molar refractivity (Wildman–Crippen MR) is 92.3 cm³/mol. The fourth-order valence-electron chi connectivity index (χ4n) is 3.06. The summed E-state index contributed by atoms with van der Waals surface area (Å²) >= 11 is 2.10. The minimum absolute atomic E-state index is 0.0946. The second-order valence-corrected chi connectivity index (χ2v) is 7.24. The van der Waals surface area contributed by atoms with Crippen molar-refractivity contribution in [1.29, 1.82) is 0 Å². The van der Waals surface area contributed by atoms with Gasteiger partial charge in [-0.05, 0) is 36.8 Å². The van der Waals surface area contributed by atoms with Crippen molar-refractivity contribution in [2.45, 2.75) is 32.7 Å². The van der Waals surface area contributed by atoms with Crippen LogP contribution in [0.25, 0.3) is 11.0 Å². The molecule has 5 nitrogen and oxygen atoms in total. The summed E-state index contributed by atoms with van der Waals surface area (Å²) in [5.41, 5.74) is 2.43. The van der Waals surface area contributed by atoms with Crippen LogP contribution in [0.15, 0.2) is 17.3 Å². The molecule has 3 rings (SSSR count). The Morgan fingerprint density at radius 2 is 2.36 bits per heavy atom. The summed E-state index contributed by atoms with van der Waals surface area (Å²) in [7, 11) is 0. The lowest BCUT2D eigenvalue weighted by atomic mass is 10.2. The predicted octanol–water partition coefficient (Wildman–Crippen LogP) is 2.61. The molecule has 0 saturated carbocycles. The monoisotopic (exact) mass is 320 g/mol. The first kappa shape index (κ1) is 15.6. The van der Waals surface area contributed by atoms with Crippen LogP contribution in [0.1, 0.15) is 31.7 Å². The van der Waals surface area contributed by atoms with E-state index in [1.165, 1.54) is 37.1 Å². The van der Waals surface area contributed by atoms with Crippen LogP contribution in [0.5, 0.6) is 0 Å². The number of rotatable bonds is 7. The standard InChI is InChI=1S/C16H24N4OS/c1-2-3-6-22-10-12-4-5-20(8-12)9-13-7-17-15-14(13)18-11-19-16(15)21/h7,11-12,17H,2-6,8-10H2,1H3,(H,18,19,21)/t12-/m1/s1. The zero-order chi connectivity index (χ0) is 15.4. The van der Waals surface area contributed by atoms with E-state index in [-0.39, 0.29) is 5.56 Å². The summed E-state index contributed by atoms with van der Waals surface area (Å²) in [6.45, 7) is 5.44. The molecule has 22 heavy (non-hydrogen) atoms. The maximum atomic E-state index is 11.7. The molecule has 2 aromatic rings. The van der Waals surface area contributed by atoms with Crippen LogP contribution in [0.3, 0.4) is 0 Å². The van der Waals surface area contributed by atoms with Crippen LogP contribution in [0.2, 0.25) is 0 Å². The highest BCUT2D eigenvalue weighted by molar-refractivity contribution is 7.99. The molecule has 1 aliphatic heterocycles. The average Bonchev–Trinajstić information content (AvgIpc) is 3.13. The second-order valence-electron chi connectivity index (χ2n) is 6.09. The number of H-pyrrole nitrogens is 2. The van der Waals surface area contributed by atoms with Crippen LogP contribution in [-0.4, -0.2) is 44.4 Å². The van der Waals surface area contributed by atoms with Gasteiger partial charge in [0.1, 0.15) is 5.52 Å². The molecule has 120 valence electrons. The summed E-state index contributed by atoms with van der Waals surface area (Å²) in [6, 6.07) is 0. The molecule has 2 aromatic heterocycles. The van der Waals surface area contributed by atoms with Crippen LogP contribution in [0.4, 0.5) is 0 Å². The van der Waals surface area contributed by atoms with Crippen molar-refractivity contribution in [3.05, 3.63) is 28.4 Å². The number of likely N-dealkylation sites (tertiary alicyclic amines) is 1. The molecule has 1 fully saturated rings. The number of aromatic nitrogens is 3. The molecule has 1 saturated heterocycles. The molecule has 0 aromatic carbocycles. The topological polar surface area (TPSA) is 64.8 Å². The van der Waals surface area contributed by atoms with E-state index in [0.29, 0.717) is 5.52 Å². The average molecular weight is 320 g/mol. The summed E-state index contributed by atoms with van der Waals surface area (Å²) in [5, 5.41) is 0. The number of nitrogens with zero attached hydrogens (tertiary/aromatic N) is 2. The Kier molecular flexibility index (Phi) is 5.20. The van der Waals surface area contributed by atoms with Gasteiger partial charge in [-0.3, -0.25) is 9.69 Å². The molecule has 3 heterocycles. The van der Waals surface area contributed by atoms with Crippen LogP contribution >= 0.6 is 11.8 Å². The zero-order valence-corrected chi connectivity index (χ0v) is 13.9. The maximum absolute atomic E-state index is 11.7. The third-order valence-corrected chi connectivity index (χ3v) is 5.59. The van der Waals surface area contributed by atoms with Crippen molar-refractivity contribution in [3.8, 4) is 0 Å². The minimum Gasteiger partial charge on any atom is -0.355 e. The molecule has 0 unspecified atom stereocenters. The van der Waals surface area contributed by atoms with E-state index in [4.69, 9.17) is 0 Å². The normalized spacial score (nSPS) is 19.2. The maximum Gasteiger partial charge on any atom is 0.275 e. The molecule has 2 N–H and O–H groups in total. The Morgan fingerprint density at radius 3 is 3.23 bits per heavy atom. The highest BCUT2D eigenvalue weighted by Gasteiger charge is 2.23. The number of nitrogens with one attached hydrogen (secondary N) is 2. The van der Waals surface area contributed by atoms with Crippen LogP contribution < -0.4 is 5.56 Å². The molecule has 0 radical (unpaired) electrons. The lowest BCUT2D eigenvalue weighted by Crippen LogP contribution is -2.20. The molecule has 0 aliphatic carbocycles. The van der Waals surface area contributed by atoms with Crippen molar-refractivity contribution >= 4 is 22.8 Å². The van der Waals surface area contributed by atoms with Gasteiger partial charge in [0, 0.05) is 24.8 Å². The summed E-state index contributed by atoms with van der Waals surface area (Å²) in [6.07, 6.45) is 7.32. The zero-order valence-electron chi connectivity index (χ0n) is 13.1. The Labute approximate surface area is 134 Å². The van der Waals surface area contributed by atoms with E-state index in [1.54, 1.807) is 0 Å². The number of hydrogen-bond acceptors (Lipinski definition) is 4. The number of unbranched alkanes of at least 4 members (excludes halogenated alkanes) is 1. The van der Waals surface area contributed by atoms with Crippen molar-refractivity contribution in [3.63, 3.8) is 0 Å². The first-order valence-electron chi connectivity index (χ1n) is 8.11. The third-order valence-electron chi connectivity index (χ3n) is 4.31. The van der Waals surface area contributed by atoms with Crippen LogP contribution in [-0.2, 0) is 6.54 Å². The summed E-state index contributed by atoms with van der Waals surface area (Å²) in [4.78, 5) is 24.2. The van der Waals surface area contributed by atoms with Crippen molar-refractivity contribution in [2.75, 3.05) is 24.6 Å². The number of thioether (sulfide) groups is 1. The summed E-state index contributed by atoms with van der Waals surface area (Å²) in [5.74, 6) is 3.38. The molecular weight excluding hydrogens is 296 g/mol. The molecule has 6 heteroatoms.